The molecule has 4 rings (SSSR count). The van der Waals surface area contributed by atoms with Crippen LogP contribution < -0.4 is 0 Å². The van der Waals surface area contributed by atoms with E-state index in [2.05, 4.69) is 0 Å². The molecule has 0 aliphatic carbocycles. The number of hydrogen-bond acceptors (Lipinski definition) is 4. The first-order chi connectivity index (χ1) is 12.2. The molecule has 130 valence electrons. The van der Waals surface area contributed by atoms with Crippen molar-refractivity contribution in [3.8, 4) is 0 Å². The Hall–Kier alpha value is -2.83. The van der Waals surface area contributed by atoms with E-state index in [9.17, 15) is 22.6 Å². The first-order valence-corrected chi connectivity index (χ1v) is 9.38. The predicted octanol–water partition coefficient (Wildman–Crippen LogP) is 4.24. The summed E-state index contributed by atoms with van der Waals surface area (Å²) in [4.78, 5) is 23.8. The maximum atomic E-state index is 12.1. The van der Waals surface area contributed by atoms with Gasteiger partial charge in [-0.25, -0.2) is 0 Å². The van der Waals surface area contributed by atoms with Gasteiger partial charge < -0.3 is 0 Å². The fraction of sp³-hybridized carbons (Fsp3) is 0.100. The second kappa shape index (κ2) is 5.33. The van der Waals surface area contributed by atoms with Crippen molar-refractivity contribution in [1.29, 1.82) is 0 Å². The zero-order valence-corrected chi connectivity index (χ0v) is 14.8. The second-order valence-corrected chi connectivity index (χ2v) is 7.76. The Labute approximate surface area is 149 Å². The molecule has 0 saturated carbocycles. The largest absolute Gasteiger partial charge is 0.295 e. The standard InChI is InChI=1S/C20H14O5S/c1-10(21)13-5-3-12-4-6-15-17(11(2)22)9-18(26(23,24)25)16-8-7-14(13)19(12)20(15)16/h3-9H,1-2H3,(H,23,24,25). The molecule has 4 aromatic rings. The molecule has 5 nitrogen and oxygen atoms in total. The Morgan fingerprint density at radius 3 is 1.92 bits per heavy atom. The fourth-order valence-electron chi connectivity index (χ4n) is 3.68. The maximum absolute atomic E-state index is 12.1. The minimum Gasteiger partial charge on any atom is -0.294 e. The van der Waals surface area contributed by atoms with Crippen LogP contribution in [0.1, 0.15) is 34.6 Å². The summed E-state index contributed by atoms with van der Waals surface area (Å²) in [7, 11) is -4.53. The molecule has 6 heteroatoms. The van der Waals surface area contributed by atoms with Crippen molar-refractivity contribution in [2.75, 3.05) is 0 Å². The molecule has 0 aromatic heterocycles. The number of hydrogen-bond donors (Lipinski definition) is 1. The Morgan fingerprint density at radius 1 is 0.769 bits per heavy atom. The number of ketones is 2. The highest BCUT2D eigenvalue weighted by molar-refractivity contribution is 7.86. The summed E-state index contributed by atoms with van der Waals surface area (Å²) in [5.74, 6) is -0.413. The van der Waals surface area contributed by atoms with E-state index in [0.29, 0.717) is 32.5 Å². The van der Waals surface area contributed by atoms with E-state index in [4.69, 9.17) is 0 Å². The summed E-state index contributed by atoms with van der Waals surface area (Å²) in [5.41, 5.74) is 0.737. The normalized spacial score (nSPS) is 12.3. The first kappa shape index (κ1) is 16.6. The molecule has 0 spiro atoms. The van der Waals surface area contributed by atoms with Gasteiger partial charge in [-0.3, -0.25) is 14.1 Å². The molecule has 0 aliphatic rings. The van der Waals surface area contributed by atoms with Gasteiger partial charge in [0.2, 0.25) is 0 Å². The minimum atomic E-state index is -4.53. The van der Waals surface area contributed by atoms with Gasteiger partial charge in [-0.15, -0.1) is 0 Å². The Morgan fingerprint density at radius 2 is 1.31 bits per heavy atom. The van der Waals surface area contributed by atoms with Crippen LogP contribution in [-0.4, -0.2) is 24.5 Å². The van der Waals surface area contributed by atoms with E-state index in [1.54, 1.807) is 30.3 Å². The average Bonchev–Trinajstić information content (AvgIpc) is 2.57. The van der Waals surface area contributed by atoms with Crippen molar-refractivity contribution in [2.24, 2.45) is 0 Å². The van der Waals surface area contributed by atoms with Gasteiger partial charge in [-0.2, -0.15) is 8.42 Å². The summed E-state index contributed by atoms with van der Waals surface area (Å²) in [6, 6.07) is 11.6. The predicted molar refractivity (Wildman–Crippen MR) is 100.0 cm³/mol. The molecule has 4 aromatic carbocycles. The van der Waals surface area contributed by atoms with Crippen LogP contribution in [0.2, 0.25) is 0 Å². The van der Waals surface area contributed by atoms with Crippen LogP contribution in [0.3, 0.4) is 0 Å². The summed E-state index contributed by atoms with van der Waals surface area (Å²) in [5, 5.41) is 3.70. The van der Waals surface area contributed by atoms with Crippen LogP contribution in [-0.2, 0) is 10.1 Å². The third kappa shape index (κ3) is 2.23. The summed E-state index contributed by atoms with van der Waals surface area (Å²) >= 11 is 0. The number of rotatable bonds is 3. The van der Waals surface area contributed by atoms with Gasteiger partial charge in [-0.1, -0.05) is 36.4 Å². The SMILES string of the molecule is CC(=O)c1ccc2ccc3c(C(C)=O)cc(S(=O)(=O)O)c4ccc1c2c34. The Balaban J connectivity index is 2.39. The van der Waals surface area contributed by atoms with Crippen molar-refractivity contribution in [2.45, 2.75) is 18.7 Å². The molecule has 0 atom stereocenters. The highest BCUT2D eigenvalue weighted by atomic mass is 32.2. The molecule has 26 heavy (non-hydrogen) atoms. The number of benzene rings is 4. The van der Waals surface area contributed by atoms with Gasteiger partial charge in [-0.05, 0) is 46.8 Å². The van der Waals surface area contributed by atoms with Crippen molar-refractivity contribution in [3.63, 3.8) is 0 Å². The Kier molecular flexibility index (Phi) is 3.41. The summed E-state index contributed by atoms with van der Waals surface area (Å²) in [6.45, 7) is 2.82. The maximum Gasteiger partial charge on any atom is 0.295 e. The third-order valence-electron chi connectivity index (χ3n) is 4.78. The van der Waals surface area contributed by atoms with E-state index in [0.717, 1.165) is 5.39 Å². The van der Waals surface area contributed by atoms with Crippen molar-refractivity contribution in [1.82, 2.24) is 0 Å². The fourth-order valence-corrected chi connectivity index (χ4v) is 4.39. The second-order valence-electron chi connectivity index (χ2n) is 6.37. The molecule has 0 heterocycles. The van der Waals surface area contributed by atoms with Crippen LogP contribution in [0.25, 0.3) is 32.3 Å². The van der Waals surface area contributed by atoms with Crippen LogP contribution in [0.15, 0.2) is 47.4 Å². The molecule has 0 bridgehead atoms. The van der Waals surface area contributed by atoms with Crippen molar-refractivity contribution >= 4 is 54.0 Å². The lowest BCUT2D eigenvalue weighted by molar-refractivity contribution is 0.101. The van der Waals surface area contributed by atoms with Crippen LogP contribution in [0.5, 0.6) is 0 Å². The zero-order chi connectivity index (χ0) is 18.8. The van der Waals surface area contributed by atoms with E-state index < -0.39 is 10.1 Å². The van der Waals surface area contributed by atoms with E-state index in [1.807, 2.05) is 6.07 Å². The quantitative estimate of drug-likeness (QED) is 0.333. The lowest BCUT2D eigenvalue weighted by atomic mass is 9.89. The third-order valence-corrected chi connectivity index (χ3v) is 5.67. The Bertz CT molecular complexity index is 1350. The number of Topliss-reactive ketones (excluding diaryl/α,β-unsaturated/α-hetero) is 2. The highest BCUT2D eigenvalue weighted by Gasteiger charge is 2.23. The monoisotopic (exact) mass is 366 g/mol. The van der Waals surface area contributed by atoms with Gasteiger partial charge >= 0.3 is 0 Å². The molecule has 0 amide bonds. The molecule has 0 fully saturated rings. The van der Waals surface area contributed by atoms with Gasteiger partial charge in [0.05, 0.1) is 0 Å². The van der Waals surface area contributed by atoms with Gasteiger partial charge in [0.25, 0.3) is 10.1 Å². The smallest absolute Gasteiger partial charge is 0.294 e. The van der Waals surface area contributed by atoms with Crippen molar-refractivity contribution in [3.05, 3.63) is 53.6 Å². The molecule has 0 radical (unpaired) electrons. The highest BCUT2D eigenvalue weighted by Crippen LogP contribution is 2.40. The number of carbonyl (C=O) groups is 2. The summed E-state index contributed by atoms with van der Waals surface area (Å²) < 4.78 is 33.5. The minimum absolute atomic E-state index is 0.107. The average molecular weight is 366 g/mol. The first-order valence-electron chi connectivity index (χ1n) is 7.94. The van der Waals surface area contributed by atoms with E-state index >= 15 is 0 Å². The van der Waals surface area contributed by atoms with Gasteiger partial charge in [0, 0.05) is 16.5 Å². The van der Waals surface area contributed by atoms with E-state index in [1.165, 1.54) is 19.9 Å². The lowest BCUT2D eigenvalue weighted by Gasteiger charge is -2.16. The summed E-state index contributed by atoms with van der Waals surface area (Å²) in [6.07, 6.45) is 0. The molecule has 0 saturated heterocycles. The van der Waals surface area contributed by atoms with Gasteiger partial charge in [0.15, 0.2) is 11.6 Å². The molecule has 0 unspecified atom stereocenters. The topological polar surface area (TPSA) is 88.5 Å². The van der Waals surface area contributed by atoms with Crippen LogP contribution in [0, 0.1) is 0 Å². The molecule has 1 N–H and O–H groups in total. The molecular formula is C20H14O5S. The molecular weight excluding hydrogens is 352 g/mol. The van der Waals surface area contributed by atoms with Crippen LogP contribution >= 0.6 is 0 Å². The lowest BCUT2D eigenvalue weighted by Crippen LogP contribution is -2.05. The molecule has 0 aliphatic heterocycles. The van der Waals surface area contributed by atoms with E-state index in [-0.39, 0.29) is 22.0 Å². The van der Waals surface area contributed by atoms with Crippen molar-refractivity contribution < 1.29 is 22.6 Å². The number of carbonyl (C=O) groups excluding carboxylic acids is 2. The van der Waals surface area contributed by atoms with Crippen LogP contribution in [0.4, 0.5) is 0 Å². The van der Waals surface area contributed by atoms with Gasteiger partial charge in [0.1, 0.15) is 4.90 Å². The zero-order valence-electron chi connectivity index (χ0n) is 14.0.